The molecular weight excluding hydrogens is 424 g/mol. The summed E-state index contributed by atoms with van der Waals surface area (Å²) in [6.45, 7) is 7.37. The lowest BCUT2D eigenvalue weighted by Gasteiger charge is -2.23. The van der Waals surface area contributed by atoms with Gasteiger partial charge >= 0.3 is 0 Å². The monoisotopic (exact) mass is 452 g/mol. The van der Waals surface area contributed by atoms with Crippen LogP contribution in [0.4, 0.5) is 5.69 Å². The summed E-state index contributed by atoms with van der Waals surface area (Å²) in [5, 5.41) is 4.06. The molecule has 0 bridgehead atoms. The van der Waals surface area contributed by atoms with Crippen molar-refractivity contribution in [1.82, 2.24) is 9.99 Å². The van der Waals surface area contributed by atoms with Crippen molar-refractivity contribution < 1.29 is 13.2 Å². The summed E-state index contributed by atoms with van der Waals surface area (Å²) in [4.78, 5) is 12.5. The molecule has 3 aromatic rings. The number of aromatic nitrogens is 1. The fraction of sp³-hybridized carbons (Fsp3) is 0.250. The molecule has 0 aliphatic carbocycles. The zero-order chi connectivity index (χ0) is 23.5. The summed E-state index contributed by atoms with van der Waals surface area (Å²) >= 11 is 0. The van der Waals surface area contributed by atoms with Crippen LogP contribution in [0.1, 0.15) is 28.1 Å². The molecule has 0 saturated heterocycles. The maximum atomic E-state index is 12.5. The normalized spacial score (nSPS) is 11.7. The van der Waals surface area contributed by atoms with Crippen LogP contribution in [0.3, 0.4) is 0 Å². The molecule has 0 spiro atoms. The third-order valence-electron chi connectivity index (χ3n) is 5.19. The highest BCUT2D eigenvalue weighted by atomic mass is 32.2. The minimum atomic E-state index is -3.65. The van der Waals surface area contributed by atoms with Crippen LogP contribution < -0.4 is 9.73 Å². The van der Waals surface area contributed by atoms with Gasteiger partial charge in [-0.2, -0.15) is 5.10 Å². The van der Waals surface area contributed by atoms with E-state index in [0.29, 0.717) is 5.69 Å². The molecule has 0 aliphatic rings. The largest absolute Gasteiger partial charge is 0.318 e. The van der Waals surface area contributed by atoms with Crippen molar-refractivity contribution >= 4 is 27.8 Å². The van der Waals surface area contributed by atoms with Gasteiger partial charge < -0.3 is 4.57 Å². The van der Waals surface area contributed by atoms with Gasteiger partial charge in [0.15, 0.2) is 0 Å². The van der Waals surface area contributed by atoms with Gasteiger partial charge in [0.05, 0.1) is 18.2 Å². The summed E-state index contributed by atoms with van der Waals surface area (Å²) in [6, 6.07) is 17.4. The second kappa shape index (κ2) is 9.40. The van der Waals surface area contributed by atoms with Crippen molar-refractivity contribution in [3.05, 3.63) is 82.7 Å². The first-order valence-electron chi connectivity index (χ1n) is 10.2. The first kappa shape index (κ1) is 23.3. The Morgan fingerprint density at radius 1 is 1.06 bits per heavy atom. The predicted octanol–water partition coefficient (Wildman–Crippen LogP) is 3.63. The van der Waals surface area contributed by atoms with E-state index >= 15 is 0 Å². The van der Waals surface area contributed by atoms with E-state index < -0.39 is 15.9 Å². The maximum absolute atomic E-state index is 12.5. The Bertz CT molecular complexity index is 1260. The first-order chi connectivity index (χ1) is 15.1. The average molecular weight is 453 g/mol. The van der Waals surface area contributed by atoms with E-state index in [2.05, 4.69) is 15.1 Å². The molecule has 0 fully saturated rings. The van der Waals surface area contributed by atoms with Crippen LogP contribution in [0, 0.1) is 27.7 Å². The molecule has 1 N–H and O–H groups in total. The van der Waals surface area contributed by atoms with Crippen molar-refractivity contribution in [3.63, 3.8) is 0 Å². The second-order valence-electron chi connectivity index (χ2n) is 7.85. The highest BCUT2D eigenvalue weighted by Crippen LogP contribution is 2.23. The highest BCUT2D eigenvalue weighted by molar-refractivity contribution is 7.92. The summed E-state index contributed by atoms with van der Waals surface area (Å²) < 4.78 is 27.8. The smallest absolute Gasteiger partial charge is 0.260 e. The van der Waals surface area contributed by atoms with Crippen LogP contribution >= 0.6 is 0 Å². The number of carbonyl (C=O) groups is 1. The Morgan fingerprint density at radius 3 is 2.38 bits per heavy atom. The predicted molar refractivity (Wildman–Crippen MR) is 129 cm³/mol. The van der Waals surface area contributed by atoms with Gasteiger partial charge in [-0.1, -0.05) is 35.9 Å². The molecule has 0 aliphatic heterocycles. The third kappa shape index (κ3) is 5.26. The molecule has 1 amide bonds. The Balaban J connectivity index is 1.75. The lowest BCUT2D eigenvalue weighted by molar-refractivity contribution is -0.119. The number of amides is 1. The zero-order valence-corrected chi connectivity index (χ0v) is 19.8. The Hall–Kier alpha value is -3.39. The Kier molecular flexibility index (Phi) is 6.84. The van der Waals surface area contributed by atoms with E-state index in [-0.39, 0.29) is 6.54 Å². The molecule has 2 aromatic carbocycles. The van der Waals surface area contributed by atoms with Gasteiger partial charge in [-0.15, -0.1) is 0 Å². The van der Waals surface area contributed by atoms with Gasteiger partial charge in [-0.3, -0.25) is 9.10 Å². The zero-order valence-electron chi connectivity index (χ0n) is 19.0. The molecule has 0 atom stereocenters. The summed E-state index contributed by atoms with van der Waals surface area (Å²) in [5.41, 5.74) is 8.65. The number of aryl methyl sites for hydroxylation is 3. The van der Waals surface area contributed by atoms with E-state index in [1.165, 1.54) is 0 Å². The van der Waals surface area contributed by atoms with Crippen LogP contribution in [0.2, 0.25) is 0 Å². The Labute approximate surface area is 189 Å². The molecule has 8 heteroatoms. The van der Waals surface area contributed by atoms with Crippen molar-refractivity contribution in [1.29, 1.82) is 0 Å². The van der Waals surface area contributed by atoms with Crippen molar-refractivity contribution in [2.45, 2.75) is 27.7 Å². The molecule has 1 heterocycles. The number of benzene rings is 2. The summed E-state index contributed by atoms with van der Waals surface area (Å²) in [7, 11) is -3.65. The molecule has 0 radical (unpaired) electrons. The van der Waals surface area contributed by atoms with Gasteiger partial charge in [0.2, 0.25) is 10.0 Å². The highest BCUT2D eigenvalue weighted by Gasteiger charge is 2.22. The fourth-order valence-corrected chi connectivity index (χ4v) is 4.61. The molecule has 0 unspecified atom stereocenters. The lowest BCUT2D eigenvalue weighted by Crippen LogP contribution is -2.39. The maximum Gasteiger partial charge on any atom is 0.260 e. The number of rotatable bonds is 7. The average Bonchev–Trinajstić information content (AvgIpc) is 3.00. The van der Waals surface area contributed by atoms with E-state index in [1.807, 2.05) is 76.2 Å². The van der Waals surface area contributed by atoms with Gasteiger partial charge in [0.1, 0.15) is 6.54 Å². The fourth-order valence-electron chi connectivity index (χ4n) is 3.70. The van der Waals surface area contributed by atoms with Crippen LogP contribution in [-0.4, -0.2) is 37.9 Å². The van der Waals surface area contributed by atoms with Gasteiger partial charge in [0, 0.05) is 22.6 Å². The SMILES string of the molecule is Cc1ccc(N(CC(=O)N/N=C/c2cc(C)n(-c3ccccc3)c2C)S(C)(=O)=O)c(C)c1. The van der Waals surface area contributed by atoms with Gasteiger partial charge in [0.25, 0.3) is 5.91 Å². The molecule has 168 valence electrons. The number of nitrogens with zero attached hydrogens (tertiary/aromatic N) is 3. The number of hydrazone groups is 1. The van der Waals surface area contributed by atoms with Crippen molar-refractivity contribution in [3.8, 4) is 5.69 Å². The van der Waals surface area contributed by atoms with E-state index in [1.54, 1.807) is 12.3 Å². The van der Waals surface area contributed by atoms with E-state index in [4.69, 9.17) is 0 Å². The van der Waals surface area contributed by atoms with Crippen LogP contribution in [-0.2, 0) is 14.8 Å². The number of nitrogens with one attached hydrogen (secondary N) is 1. The number of para-hydroxylation sites is 1. The molecular formula is C24H28N4O3S. The lowest BCUT2D eigenvalue weighted by atomic mass is 10.1. The number of hydrogen-bond acceptors (Lipinski definition) is 4. The van der Waals surface area contributed by atoms with Crippen molar-refractivity contribution in [2.24, 2.45) is 5.10 Å². The van der Waals surface area contributed by atoms with Crippen LogP contribution in [0.25, 0.3) is 5.69 Å². The first-order valence-corrected chi connectivity index (χ1v) is 12.0. The quantitative estimate of drug-likeness (QED) is 0.439. The van der Waals surface area contributed by atoms with E-state index in [0.717, 1.165) is 44.3 Å². The molecule has 3 rings (SSSR count). The molecule has 0 saturated carbocycles. The minimum absolute atomic E-state index is 0.358. The van der Waals surface area contributed by atoms with Gasteiger partial charge in [-0.25, -0.2) is 13.8 Å². The minimum Gasteiger partial charge on any atom is -0.318 e. The van der Waals surface area contributed by atoms with Crippen LogP contribution in [0.5, 0.6) is 0 Å². The number of sulfonamides is 1. The summed E-state index contributed by atoms with van der Waals surface area (Å²) in [5.74, 6) is -0.525. The third-order valence-corrected chi connectivity index (χ3v) is 6.31. The van der Waals surface area contributed by atoms with E-state index in [9.17, 15) is 13.2 Å². The second-order valence-corrected chi connectivity index (χ2v) is 9.76. The molecule has 7 nitrogen and oxygen atoms in total. The Morgan fingerprint density at radius 2 is 1.75 bits per heavy atom. The van der Waals surface area contributed by atoms with Crippen molar-refractivity contribution in [2.75, 3.05) is 17.1 Å². The molecule has 32 heavy (non-hydrogen) atoms. The number of carbonyl (C=O) groups excluding carboxylic acids is 1. The number of hydrogen-bond donors (Lipinski definition) is 1. The topological polar surface area (TPSA) is 83.8 Å². The number of anilines is 1. The summed E-state index contributed by atoms with van der Waals surface area (Å²) in [6.07, 6.45) is 2.66. The van der Waals surface area contributed by atoms with Gasteiger partial charge in [-0.05, 0) is 57.5 Å². The molecule has 1 aromatic heterocycles. The van der Waals surface area contributed by atoms with Crippen LogP contribution in [0.15, 0.2) is 59.7 Å². The standard InChI is InChI=1S/C24H28N4O3S/c1-17-11-12-23(18(2)13-17)27(32(5,30)31)16-24(29)26-25-15-21-14-19(3)28(20(21)4)22-9-7-6-8-10-22/h6-15H,16H2,1-5H3,(H,26,29)/b25-15+.